The first-order valence-electron chi connectivity index (χ1n) is 6.76. The number of halogens is 2. The van der Waals surface area contributed by atoms with Crippen LogP contribution in [0.1, 0.15) is 37.7 Å². The Kier molecular flexibility index (Phi) is 4.59. The lowest BCUT2D eigenvalue weighted by Crippen LogP contribution is -2.17. The molecule has 0 aliphatic carbocycles. The second-order valence-electron chi connectivity index (χ2n) is 6.17. The fraction of sp³-hybridized carbons (Fsp3) is 0.375. The van der Waals surface area contributed by atoms with Crippen LogP contribution in [-0.4, -0.2) is 9.97 Å². The van der Waals surface area contributed by atoms with Gasteiger partial charge >= 0.3 is 0 Å². The van der Waals surface area contributed by atoms with E-state index in [1.807, 2.05) is 13.0 Å². The number of nitrogens with zero attached hydrogens (tertiary/aromatic N) is 2. The number of aryl methyl sites for hydroxylation is 1. The van der Waals surface area contributed by atoms with Crippen LogP contribution in [0.25, 0.3) is 0 Å². The molecule has 0 radical (unpaired) electrons. The van der Waals surface area contributed by atoms with Gasteiger partial charge in [-0.25, -0.2) is 9.97 Å². The van der Waals surface area contributed by atoms with Gasteiger partial charge in [0.05, 0.1) is 5.69 Å². The molecule has 5 heteroatoms. The fourth-order valence-corrected chi connectivity index (χ4v) is 2.56. The van der Waals surface area contributed by atoms with Gasteiger partial charge in [-0.3, -0.25) is 0 Å². The van der Waals surface area contributed by atoms with E-state index in [4.69, 9.17) is 11.6 Å². The van der Waals surface area contributed by atoms with E-state index in [9.17, 15) is 0 Å². The lowest BCUT2D eigenvalue weighted by molar-refractivity contribution is 0.545. The van der Waals surface area contributed by atoms with Crippen molar-refractivity contribution in [3.05, 3.63) is 44.8 Å². The van der Waals surface area contributed by atoms with Crippen molar-refractivity contribution < 1.29 is 0 Å². The Bertz CT molecular complexity index is 678. The molecule has 0 unspecified atom stereocenters. The van der Waals surface area contributed by atoms with E-state index < -0.39 is 0 Å². The van der Waals surface area contributed by atoms with E-state index in [0.29, 0.717) is 5.15 Å². The summed E-state index contributed by atoms with van der Waals surface area (Å²) < 4.78 is 0.994. The third-order valence-electron chi connectivity index (χ3n) is 3.13. The van der Waals surface area contributed by atoms with Crippen molar-refractivity contribution in [3.8, 4) is 0 Å². The molecule has 1 aromatic carbocycles. The Balaban J connectivity index is 2.46. The van der Waals surface area contributed by atoms with Crippen LogP contribution < -0.4 is 5.32 Å². The quantitative estimate of drug-likeness (QED) is 0.706. The van der Waals surface area contributed by atoms with Crippen molar-refractivity contribution in [3.63, 3.8) is 0 Å². The normalized spacial score (nSPS) is 11.6. The lowest BCUT2D eigenvalue weighted by atomic mass is 9.95. The van der Waals surface area contributed by atoms with Crippen LogP contribution in [-0.2, 0) is 5.41 Å². The van der Waals surface area contributed by atoms with Crippen molar-refractivity contribution >= 4 is 39.0 Å². The monoisotopic (exact) mass is 367 g/mol. The number of anilines is 2. The van der Waals surface area contributed by atoms with Gasteiger partial charge < -0.3 is 5.32 Å². The van der Waals surface area contributed by atoms with E-state index in [1.165, 1.54) is 5.56 Å². The SMILES string of the molecule is Cc1ccc(Nc2nc(C(C)(C)C)nc(Cl)c2C)c(Br)c1. The van der Waals surface area contributed by atoms with Gasteiger partial charge in [-0.1, -0.05) is 38.4 Å². The smallest absolute Gasteiger partial charge is 0.138 e. The summed E-state index contributed by atoms with van der Waals surface area (Å²) in [6.07, 6.45) is 0. The molecule has 21 heavy (non-hydrogen) atoms. The molecule has 2 aromatic rings. The zero-order chi connectivity index (χ0) is 15.8. The molecule has 112 valence electrons. The second-order valence-corrected chi connectivity index (χ2v) is 7.38. The fourth-order valence-electron chi connectivity index (χ4n) is 1.80. The van der Waals surface area contributed by atoms with E-state index in [1.54, 1.807) is 0 Å². The molecular weight excluding hydrogens is 350 g/mol. The Morgan fingerprint density at radius 1 is 1.14 bits per heavy atom. The maximum absolute atomic E-state index is 6.25. The van der Waals surface area contributed by atoms with E-state index in [2.05, 4.69) is 71.0 Å². The standard InChI is InChI=1S/C16H19BrClN3/c1-9-6-7-12(11(17)8-9)19-14-10(2)13(18)20-15(21-14)16(3,4)5/h6-8H,1-5H3,(H,19,20,21). The van der Waals surface area contributed by atoms with Gasteiger partial charge in [0, 0.05) is 15.5 Å². The first-order valence-corrected chi connectivity index (χ1v) is 7.93. The molecular formula is C16H19BrClN3. The van der Waals surface area contributed by atoms with Crippen LogP contribution in [0.15, 0.2) is 22.7 Å². The van der Waals surface area contributed by atoms with Crippen molar-refractivity contribution in [2.75, 3.05) is 5.32 Å². The molecule has 1 heterocycles. The summed E-state index contributed by atoms with van der Waals surface area (Å²) in [5.74, 6) is 1.47. The van der Waals surface area contributed by atoms with Gasteiger partial charge in [-0.15, -0.1) is 0 Å². The molecule has 0 aliphatic heterocycles. The maximum Gasteiger partial charge on any atom is 0.138 e. The van der Waals surface area contributed by atoms with Crippen LogP contribution in [0.2, 0.25) is 5.15 Å². The van der Waals surface area contributed by atoms with Gasteiger partial charge in [-0.2, -0.15) is 0 Å². The topological polar surface area (TPSA) is 37.8 Å². The Morgan fingerprint density at radius 2 is 1.81 bits per heavy atom. The molecule has 1 aromatic heterocycles. The van der Waals surface area contributed by atoms with Crippen LogP contribution in [0.3, 0.4) is 0 Å². The maximum atomic E-state index is 6.25. The zero-order valence-corrected chi connectivity index (χ0v) is 15.2. The predicted octanol–water partition coefficient (Wildman–Crippen LogP) is 5.55. The highest BCUT2D eigenvalue weighted by atomic mass is 79.9. The summed E-state index contributed by atoms with van der Waals surface area (Å²) in [6, 6.07) is 6.13. The minimum Gasteiger partial charge on any atom is -0.339 e. The van der Waals surface area contributed by atoms with Crippen molar-refractivity contribution in [2.45, 2.75) is 40.0 Å². The Hall–Kier alpha value is -1.13. The molecule has 1 N–H and O–H groups in total. The summed E-state index contributed by atoms with van der Waals surface area (Å²) in [5.41, 5.74) is 2.84. The third-order valence-corrected chi connectivity index (χ3v) is 4.16. The largest absolute Gasteiger partial charge is 0.339 e. The minimum atomic E-state index is -0.154. The van der Waals surface area contributed by atoms with Gasteiger partial charge in [0.25, 0.3) is 0 Å². The molecule has 0 atom stereocenters. The first-order chi connectivity index (χ1) is 9.68. The highest BCUT2D eigenvalue weighted by Gasteiger charge is 2.21. The number of aromatic nitrogens is 2. The van der Waals surface area contributed by atoms with Crippen LogP contribution in [0, 0.1) is 13.8 Å². The molecule has 0 fully saturated rings. The number of rotatable bonds is 2. The highest BCUT2D eigenvalue weighted by molar-refractivity contribution is 9.10. The van der Waals surface area contributed by atoms with E-state index >= 15 is 0 Å². The van der Waals surface area contributed by atoms with E-state index in [-0.39, 0.29) is 5.41 Å². The summed E-state index contributed by atoms with van der Waals surface area (Å²) in [6.45, 7) is 10.2. The van der Waals surface area contributed by atoms with Gasteiger partial charge in [-0.05, 0) is 47.5 Å². The molecule has 0 amide bonds. The molecule has 3 nitrogen and oxygen atoms in total. The predicted molar refractivity (Wildman–Crippen MR) is 92.6 cm³/mol. The highest BCUT2D eigenvalue weighted by Crippen LogP contribution is 2.31. The number of benzene rings is 1. The molecule has 0 spiro atoms. The number of hydrogen-bond donors (Lipinski definition) is 1. The summed E-state index contributed by atoms with van der Waals surface area (Å²) in [7, 11) is 0. The molecule has 2 rings (SSSR count). The second kappa shape index (κ2) is 5.93. The average molecular weight is 369 g/mol. The van der Waals surface area contributed by atoms with Crippen LogP contribution >= 0.6 is 27.5 Å². The summed E-state index contributed by atoms with van der Waals surface area (Å²) in [5, 5.41) is 3.83. The average Bonchev–Trinajstić information content (AvgIpc) is 2.36. The van der Waals surface area contributed by atoms with Crippen LogP contribution in [0.5, 0.6) is 0 Å². The van der Waals surface area contributed by atoms with Crippen molar-refractivity contribution in [1.82, 2.24) is 9.97 Å². The Labute approximate surface area is 139 Å². The first kappa shape index (κ1) is 16.2. The number of nitrogens with one attached hydrogen (secondary N) is 1. The molecule has 0 saturated heterocycles. The molecule has 0 saturated carbocycles. The van der Waals surface area contributed by atoms with Gasteiger partial charge in [0.2, 0.25) is 0 Å². The van der Waals surface area contributed by atoms with Crippen molar-refractivity contribution in [1.29, 1.82) is 0 Å². The zero-order valence-electron chi connectivity index (χ0n) is 12.9. The molecule has 0 bridgehead atoms. The van der Waals surface area contributed by atoms with Crippen LogP contribution in [0.4, 0.5) is 11.5 Å². The summed E-state index contributed by atoms with van der Waals surface area (Å²) >= 11 is 9.82. The minimum absolute atomic E-state index is 0.154. The lowest BCUT2D eigenvalue weighted by Gasteiger charge is -2.19. The third kappa shape index (κ3) is 3.74. The Morgan fingerprint density at radius 3 is 2.38 bits per heavy atom. The summed E-state index contributed by atoms with van der Waals surface area (Å²) in [4.78, 5) is 9.02. The van der Waals surface area contributed by atoms with Crippen molar-refractivity contribution in [2.24, 2.45) is 0 Å². The van der Waals surface area contributed by atoms with Gasteiger partial charge in [0.15, 0.2) is 0 Å². The van der Waals surface area contributed by atoms with E-state index in [0.717, 1.165) is 27.4 Å². The van der Waals surface area contributed by atoms with Gasteiger partial charge in [0.1, 0.15) is 16.8 Å². The molecule has 0 aliphatic rings. The number of hydrogen-bond acceptors (Lipinski definition) is 3.